The van der Waals surface area contributed by atoms with Gasteiger partial charge in [-0.3, -0.25) is 9.52 Å². The molecule has 0 unspecified atom stereocenters. The topological polar surface area (TPSA) is 92.8 Å². The maximum absolute atomic E-state index is 12.7. The minimum Gasteiger partial charge on any atom is -0.465 e. The monoisotopic (exact) mass is 408 g/mol. The molecule has 2 aromatic carbocycles. The van der Waals surface area contributed by atoms with Crippen molar-refractivity contribution in [2.75, 3.05) is 23.3 Å². The molecule has 0 spiro atoms. The summed E-state index contributed by atoms with van der Waals surface area (Å²) in [6.45, 7) is 0.606. The predicted octanol–water partition coefficient (Wildman–Crippen LogP) is 3.05. The number of methoxy groups -OCH3 is 1. The Bertz CT molecular complexity index is 1010. The average Bonchev–Trinajstić information content (AvgIpc) is 3.07. The summed E-state index contributed by atoms with van der Waals surface area (Å²) in [5, 5.41) is 0.0929. The molecule has 1 aliphatic heterocycles. The van der Waals surface area contributed by atoms with E-state index in [1.807, 2.05) is 0 Å². The van der Waals surface area contributed by atoms with Gasteiger partial charge in [0.2, 0.25) is 5.91 Å². The van der Waals surface area contributed by atoms with Crippen LogP contribution in [-0.4, -0.2) is 33.9 Å². The van der Waals surface area contributed by atoms with E-state index >= 15 is 0 Å². The SMILES string of the molecule is COC(=O)c1cc(S(=O)(=O)Nc2cccc(N3CCCC3=O)c2)ccc1Cl. The Morgan fingerprint density at radius 2 is 2.00 bits per heavy atom. The number of carbonyl (C=O) groups excluding carboxylic acids is 2. The van der Waals surface area contributed by atoms with Gasteiger partial charge < -0.3 is 9.64 Å². The molecule has 1 heterocycles. The van der Waals surface area contributed by atoms with Gasteiger partial charge >= 0.3 is 5.97 Å². The third-order valence-corrected chi connectivity index (χ3v) is 5.85. The minimum absolute atomic E-state index is 0.00966. The highest BCUT2D eigenvalue weighted by molar-refractivity contribution is 7.92. The molecule has 0 aliphatic carbocycles. The largest absolute Gasteiger partial charge is 0.465 e. The highest BCUT2D eigenvalue weighted by Crippen LogP contribution is 2.27. The van der Waals surface area contributed by atoms with Crippen molar-refractivity contribution >= 4 is 44.9 Å². The smallest absolute Gasteiger partial charge is 0.339 e. The van der Waals surface area contributed by atoms with Gasteiger partial charge in [0.1, 0.15) is 0 Å². The molecule has 0 aromatic heterocycles. The summed E-state index contributed by atoms with van der Waals surface area (Å²) in [5.74, 6) is -0.720. The maximum Gasteiger partial charge on any atom is 0.339 e. The number of esters is 1. The van der Waals surface area contributed by atoms with Crippen LogP contribution in [0.15, 0.2) is 47.4 Å². The van der Waals surface area contributed by atoms with Crippen molar-refractivity contribution in [2.45, 2.75) is 17.7 Å². The van der Waals surface area contributed by atoms with Gasteiger partial charge in [-0.25, -0.2) is 13.2 Å². The quantitative estimate of drug-likeness (QED) is 0.767. The van der Waals surface area contributed by atoms with Gasteiger partial charge in [-0.1, -0.05) is 17.7 Å². The van der Waals surface area contributed by atoms with Crippen LogP contribution in [0.4, 0.5) is 11.4 Å². The highest BCUT2D eigenvalue weighted by Gasteiger charge is 2.23. The van der Waals surface area contributed by atoms with Gasteiger partial charge in [-0.05, 0) is 42.8 Å². The Balaban J connectivity index is 1.89. The second-order valence-electron chi connectivity index (χ2n) is 5.94. The molecule has 3 rings (SSSR count). The first-order chi connectivity index (χ1) is 12.8. The van der Waals surface area contributed by atoms with Crippen molar-refractivity contribution in [1.29, 1.82) is 0 Å². The van der Waals surface area contributed by atoms with Crippen LogP contribution >= 0.6 is 11.6 Å². The number of carbonyl (C=O) groups is 2. The number of benzene rings is 2. The lowest BCUT2D eigenvalue weighted by atomic mass is 10.2. The molecule has 27 heavy (non-hydrogen) atoms. The molecule has 0 atom stereocenters. The molecule has 1 N–H and O–H groups in total. The minimum atomic E-state index is -3.97. The number of sulfonamides is 1. The Hall–Kier alpha value is -2.58. The number of halogens is 1. The van der Waals surface area contributed by atoms with Crippen LogP contribution in [0, 0.1) is 0 Å². The van der Waals surface area contributed by atoms with Crippen molar-refractivity contribution in [2.24, 2.45) is 0 Å². The fourth-order valence-corrected chi connectivity index (χ4v) is 4.08. The standard InChI is InChI=1S/C18H17ClN2O5S/c1-26-18(23)15-11-14(7-8-16(15)19)27(24,25)20-12-4-2-5-13(10-12)21-9-3-6-17(21)22/h2,4-5,7-8,10-11,20H,3,6,9H2,1H3. The first kappa shape index (κ1) is 19.2. The number of nitrogens with zero attached hydrogens (tertiary/aromatic N) is 1. The molecular weight excluding hydrogens is 392 g/mol. The number of nitrogens with one attached hydrogen (secondary N) is 1. The van der Waals surface area contributed by atoms with E-state index in [-0.39, 0.29) is 21.4 Å². The summed E-state index contributed by atoms with van der Waals surface area (Å²) >= 11 is 5.93. The fourth-order valence-electron chi connectivity index (χ4n) is 2.81. The van der Waals surface area contributed by atoms with E-state index in [1.165, 1.54) is 19.2 Å². The van der Waals surface area contributed by atoms with Crippen molar-refractivity contribution in [3.8, 4) is 0 Å². The summed E-state index contributed by atoms with van der Waals surface area (Å²) in [6.07, 6.45) is 1.26. The van der Waals surface area contributed by atoms with Crippen molar-refractivity contribution in [1.82, 2.24) is 0 Å². The molecule has 1 saturated heterocycles. The van der Waals surface area contributed by atoms with Gasteiger partial charge in [0, 0.05) is 18.7 Å². The van der Waals surface area contributed by atoms with E-state index in [0.29, 0.717) is 24.3 Å². The van der Waals surface area contributed by atoms with Gasteiger partial charge in [0.25, 0.3) is 10.0 Å². The van der Waals surface area contributed by atoms with Crippen LogP contribution in [0.2, 0.25) is 5.02 Å². The van der Waals surface area contributed by atoms with Crippen LogP contribution in [0.3, 0.4) is 0 Å². The zero-order valence-corrected chi connectivity index (χ0v) is 16.0. The number of ether oxygens (including phenoxy) is 1. The lowest BCUT2D eigenvalue weighted by Gasteiger charge is -2.17. The van der Waals surface area contributed by atoms with Crippen LogP contribution in [0.1, 0.15) is 23.2 Å². The molecule has 7 nitrogen and oxygen atoms in total. The first-order valence-electron chi connectivity index (χ1n) is 8.13. The summed E-state index contributed by atoms with van der Waals surface area (Å²) in [5.41, 5.74) is 0.893. The highest BCUT2D eigenvalue weighted by atomic mass is 35.5. The van der Waals surface area contributed by atoms with Crippen LogP contribution in [0.25, 0.3) is 0 Å². The number of rotatable bonds is 5. The molecule has 1 fully saturated rings. The van der Waals surface area contributed by atoms with Crippen LogP contribution in [0.5, 0.6) is 0 Å². The van der Waals surface area contributed by atoms with E-state index in [1.54, 1.807) is 29.2 Å². The number of amides is 1. The molecule has 1 aliphatic rings. The van der Waals surface area contributed by atoms with Crippen molar-refractivity contribution < 1.29 is 22.7 Å². The third-order valence-electron chi connectivity index (χ3n) is 4.14. The third kappa shape index (κ3) is 4.06. The molecule has 2 aromatic rings. The lowest BCUT2D eigenvalue weighted by molar-refractivity contribution is -0.117. The first-order valence-corrected chi connectivity index (χ1v) is 9.99. The zero-order valence-electron chi connectivity index (χ0n) is 14.4. The van der Waals surface area contributed by atoms with Gasteiger partial charge in [-0.2, -0.15) is 0 Å². The van der Waals surface area contributed by atoms with E-state index in [2.05, 4.69) is 9.46 Å². The van der Waals surface area contributed by atoms with E-state index in [4.69, 9.17) is 11.6 Å². The second kappa shape index (κ2) is 7.58. The van der Waals surface area contributed by atoms with Crippen molar-refractivity contribution in [3.05, 3.63) is 53.1 Å². The molecule has 9 heteroatoms. The summed E-state index contributed by atoms with van der Waals surface area (Å²) < 4.78 is 32.4. The van der Waals surface area contributed by atoms with Crippen molar-refractivity contribution in [3.63, 3.8) is 0 Å². The van der Waals surface area contributed by atoms with Crippen LogP contribution < -0.4 is 9.62 Å². The summed E-state index contributed by atoms with van der Waals surface area (Å²) in [7, 11) is -2.78. The molecule has 142 valence electrons. The number of anilines is 2. The summed E-state index contributed by atoms with van der Waals surface area (Å²) in [4.78, 5) is 25.1. The molecule has 0 bridgehead atoms. The normalized spacial score (nSPS) is 14.3. The number of hydrogen-bond acceptors (Lipinski definition) is 5. The lowest BCUT2D eigenvalue weighted by Crippen LogP contribution is -2.23. The van der Waals surface area contributed by atoms with Crippen LogP contribution in [-0.2, 0) is 19.6 Å². The van der Waals surface area contributed by atoms with Gasteiger partial charge in [0.15, 0.2) is 0 Å². The second-order valence-corrected chi connectivity index (χ2v) is 8.03. The molecule has 0 saturated carbocycles. The van der Waals surface area contributed by atoms with E-state index < -0.39 is 16.0 Å². The Morgan fingerprint density at radius 3 is 2.67 bits per heavy atom. The molecular formula is C18H17ClN2O5S. The van der Waals surface area contributed by atoms with Gasteiger partial charge in [-0.15, -0.1) is 0 Å². The summed E-state index contributed by atoms with van der Waals surface area (Å²) in [6, 6.07) is 10.4. The van der Waals surface area contributed by atoms with Gasteiger partial charge in [0.05, 0.1) is 28.3 Å². The Kier molecular flexibility index (Phi) is 5.38. The van der Waals surface area contributed by atoms with E-state index in [0.717, 1.165) is 12.5 Å². The van der Waals surface area contributed by atoms with E-state index in [9.17, 15) is 18.0 Å². The molecule has 1 amide bonds. The predicted molar refractivity (Wildman–Crippen MR) is 102 cm³/mol. The zero-order chi connectivity index (χ0) is 19.6. The Labute approximate surface area is 161 Å². The Morgan fingerprint density at radius 1 is 1.22 bits per heavy atom. The average molecular weight is 409 g/mol. The fraction of sp³-hybridized carbons (Fsp3) is 0.222. The number of hydrogen-bond donors (Lipinski definition) is 1. The molecule has 0 radical (unpaired) electrons. The maximum atomic E-state index is 12.7.